The molecule has 0 bridgehead atoms. The number of hydrogen-bond donors (Lipinski definition) is 3. The first-order valence-corrected chi connectivity index (χ1v) is 11.5. The number of fused-ring (bicyclic) bond motifs is 3. The second-order valence-corrected chi connectivity index (χ2v) is 8.92. The number of aliphatic hydroxyl groups excluding tert-OH is 2. The molecule has 2 atom stereocenters. The zero-order chi connectivity index (χ0) is 22.7. The number of benzene rings is 3. The van der Waals surface area contributed by atoms with Crippen molar-refractivity contribution in [2.75, 3.05) is 13.2 Å². The maximum Gasteiger partial charge on any atom is 0.407 e. The number of aryl methyl sites for hydroxylation is 1. The molecule has 5 nitrogen and oxygen atoms in total. The van der Waals surface area contributed by atoms with Crippen molar-refractivity contribution in [2.24, 2.45) is 0 Å². The van der Waals surface area contributed by atoms with Gasteiger partial charge in [0.25, 0.3) is 0 Å². The number of carbonyl (C=O) groups is 1. The largest absolute Gasteiger partial charge is 0.449 e. The molecule has 166 valence electrons. The maximum atomic E-state index is 12.2. The van der Waals surface area contributed by atoms with E-state index < -0.39 is 18.3 Å². The molecule has 3 aromatic rings. The van der Waals surface area contributed by atoms with Gasteiger partial charge >= 0.3 is 6.09 Å². The lowest BCUT2D eigenvalue weighted by molar-refractivity contribution is 0.0136. The van der Waals surface area contributed by atoms with Gasteiger partial charge in [-0.25, -0.2) is 4.79 Å². The van der Waals surface area contributed by atoms with E-state index in [0.29, 0.717) is 5.56 Å². The summed E-state index contributed by atoms with van der Waals surface area (Å²) >= 11 is 3.42. The van der Waals surface area contributed by atoms with Gasteiger partial charge in [0.2, 0.25) is 0 Å². The van der Waals surface area contributed by atoms with Gasteiger partial charge in [-0.15, -0.1) is 0 Å². The normalized spacial score (nSPS) is 14.4. The lowest BCUT2D eigenvalue weighted by atomic mass is 9.98. The van der Waals surface area contributed by atoms with Gasteiger partial charge in [0.05, 0.1) is 6.10 Å². The molecule has 0 radical (unpaired) electrons. The van der Waals surface area contributed by atoms with Crippen molar-refractivity contribution in [3.8, 4) is 11.1 Å². The van der Waals surface area contributed by atoms with Crippen LogP contribution in [0.25, 0.3) is 11.1 Å². The van der Waals surface area contributed by atoms with Crippen LogP contribution in [-0.4, -0.2) is 35.6 Å². The molecule has 32 heavy (non-hydrogen) atoms. The fraction of sp³-hybridized carbons (Fsp3) is 0.269. The molecule has 0 saturated heterocycles. The molecule has 3 aromatic carbocycles. The second-order valence-electron chi connectivity index (χ2n) is 8.06. The number of halogens is 1. The van der Waals surface area contributed by atoms with Gasteiger partial charge in [-0.2, -0.15) is 0 Å². The Bertz CT molecular complexity index is 1070. The second kappa shape index (κ2) is 9.86. The Hall–Kier alpha value is -2.67. The summed E-state index contributed by atoms with van der Waals surface area (Å²) in [6.07, 6.45) is -2.34. The zero-order valence-corrected chi connectivity index (χ0v) is 19.4. The van der Waals surface area contributed by atoms with Gasteiger partial charge in [-0.05, 0) is 52.8 Å². The van der Waals surface area contributed by atoms with Crippen LogP contribution in [0.3, 0.4) is 0 Å². The fourth-order valence-electron chi connectivity index (χ4n) is 4.20. The molecule has 3 N–H and O–H groups in total. The quantitative estimate of drug-likeness (QED) is 0.426. The third-order valence-corrected chi connectivity index (χ3v) is 6.83. The predicted molar refractivity (Wildman–Crippen MR) is 128 cm³/mol. The van der Waals surface area contributed by atoms with E-state index in [4.69, 9.17) is 4.74 Å². The zero-order valence-electron chi connectivity index (χ0n) is 17.8. The minimum atomic E-state index is -1.02. The summed E-state index contributed by atoms with van der Waals surface area (Å²) in [5.74, 6) is 0.00112. The lowest BCUT2D eigenvalue weighted by Gasteiger charge is -2.19. The summed E-state index contributed by atoms with van der Waals surface area (Å²) < 4.78 is 6.44. The Labute approximate surface area is 196 Å². The number of aliphatic hydroxyl groups is 2. The van der Waals surface area contributed by atoms with Crippen molar-refractivity contribution in [3.05, 3.63) is 93.5 Å². The minimum absolute atomic E-state index is 0.00112. The predicted octanol–water partition coefficient (Wildman–Crippen LogP) is 5.08. The van der Waals surface area contributed by atoms with Crippen LogP contribution in [0, 0.1) is 6.92 Å². The van der Waals surface area contributed by atoms with E-state index in [0.717, 1.165) is 21.2 Å². The first kappa shape index (κ1) is 22.5. The van der Waals surface area contributed by atoms with E-state index in [1.165, 1.54) is 11.1 Å². The average Bonchev–Trinajstić information content (AvgIpc) is 3.12. The smallest absolute Gasteiger partial charge is 0.407 e. The van der Waals surface area contributed by atoms with E-state index >= 15 is 0 Å². The highest BCUT2D eigenvalue weighted by atomic mass is 79.9. The molecule has 2 unspecified atom stereocenters. The Balaban J connectivity index is 1.28. The summed E-state index contributed by atoms with van der Waals surface area (Å²) in [5, 5.41) is 23.4. The van der Waals surface area contributed by atoms with Gasteiger partial charge in [-0.1, -0.05) is 76.6 Å². The number of alkyl carbamates (subject to hydrolysis) is 1. The number of carbonyl (C=O) groups excluding carboxylic acids is 1. The van der Waals surface area contributed by atoms with Crippen LogP contribution in [0.2, 0.25) is 0 Å². The fourth-order valence-corrected chi connectivity index (χ4v) is 4.45. The molecule has 6 heteroatoms. The molecule has 1 aliphatic rings. The number of amides is 1. The molecule has 0 fully saturated rings. The maximum absolute atomic E-state index is 12.2. The summed E-state index contributed by atoms with van der Waals surface area (Å²) in [4.78, 5) is 12.2. The monoisotopic (exact) mass is 495 g/mol. The first-order chi connectivity index (χ1) is 15.5. The van der Waals surface area contributed by atoms with Gasteiger partial charge in [0.1, 0.15) is 12.7 Å². The Morgan fingerprint density at radius 3 is 2.28 bits per heavy atom. The molecule has 0 aliphatic heterocycles. The molecule has 4 rings (SSSR count). The summed E-state index contributed by atoms with van der Waals surface area (Å²) in [5.41, 5.74) is 6.29. The summed E-state index contributed by atoms with van der Waals surface area (Å²) in [6.45, 7) is 2.36. The number of ether oxygens (including phenoxy) is 1. The van der Waals surface area contributed by atoms with Crippen LogP contribution in [0.15, 0.2) is 71.2 Å². The lowest BCUT2D eigenvalue weighted by Crippen LogP contribution is -2.30. The van der Waals surface area contributed by atoms with Crippen molar-refractivity contribution in [1.82, 2.24) is 5.32 Å². The third kappa shape index (κ3) is 4.72. The van der Waals surface area contributed by atoms with Crippen molar-refractivity contribution < 1.29 is 19.7 Å². The van der Waals surface area contributed by atoms with Gasteiger partial charge in [0, 0.05) is 16.9 Å². The number of rotatable bonds is 7. The van der Waals surface area contributed by atoms with Crippen molar-refractivity contribution in [2.45, 2.75) is 31.5 Å². The Kier molecular flexibility index (Phi) is 6.94. The van der Waals surface area contributed by atoms with Crippen LogP contribution in [0.5, 0.6) is 0 Å². The van der Waals surface area contributed by atoms with Gasteiger partial charge in [-0.3, -0.25) is 0 Å². The molecule has 0 spiro atoms. The molecule has 0 saturated carbocycles. The highest BCUT2D eigenvalue weighted by Crippen LogP contribution is 2.44. The van der Waals surface area contributed by atoms with Gasteiger partial charge < -0.3 is 20.3 Å². The highest BCUT2D eigenvalue weighted by molar-refractivity contribution is 9.10. The molecule has 1 aliphatic carbocycles. The summed E-state index contributed by atoms with van der Waals surface area (Å²) in [7, 11) is 0. The van der Waals surface area contributed by atoms with E-state index in [1.807, 2.05) is 43.3 Å². The number of hydrogen-bond acceptors (Lipinski definition) is 4. The Morgan fingerprint density at radius 1 is 1.03 bits per heavy atom. The molecule has 1 amide bonds. The highest BCUT2D eigenvalue weighted by Gasteiger charge is 2.29. The average molecular weight is 496 g/mol. The minimum Gasteiger partial charge on any atom is -0.449 e. The van der Waals surface area contributed by atoms with Crippen LogP contribution >= 0.6 is 15.9 Å². The van der Waals surface area contributed by atoms with Gasteiger partial charge in [0.15, 0.2) is 0 Å². The van der Waals surface area contributed by atoms with Crippen LogP contribution in [0.1, 0.15) is 40.7 Å². The Morgan fingerprint density at radius 2 is 1.66 bits per heavy atom. The van der Waals surface area contributed by atoms with E-state index in [-0.39, 0.29) is 25.5 Å². The van der Waals surface area contributed by atoms with Crippen LogP contribution < -0.4 is 5.32 Å². The van der Waals surface area contributed by atoms with Crippen LogP contribution in [0.4, 0.5) is 4.79 Å². The molecule has 0 aromatic heterocycles. The van der Waals surface area contributed by atoms with E-state index in [9.17, 15) is 15.0 Å². The topological polar surface area (TPSA) is 78.8 Å². The standard InChI is InChI=1S/C26H26BrNO4/c1-16-14-17(10-11-23(16)27)25(30)24(29)12-13-28-26(31)32-15-22-20-8-4-2-6-18(20)19-7-3-5-9-21(19)22/h2-11,14,22,24-25,29-30H,12-13,15H2,1H3,(H,28,31). The first-order valence-electron chi connectivity index (χ1n) is 10.7. The van der Waals surface area contributed by atoms with Crippen molar-refractivity contribution in [1.29, 1.82) is 0 Å². The SMILES string of the molecule is Cc1cc(C(O)C(O)CCNC(=O)OCC2c3ccccc3-c3ccccc32)ccc1Br. The molecular weight excluding hydrogens is 470 g/mol. The van der Waals surface area contributed by atoms with Crippen molar-refractivity contribution in [3.63, 3.8) is 0 Å². The van der Waals surface area contributed by atoms with Crippen LogP contribution in [-0.2, 0) is 4.74 Å². The van der Waals surface area contributed by atoms with E-state index in [2.05, 4.69) is 45.5 Å². The van der Waals surface area contributed by atoms with E-state index in [1.54, 1.807) is 6.07 Å². The van der Waals surface area contributed by atoms with Crippen molar-refractivity contribution >= 4 is 22.0 Å². The molecular formula is C26H26BrNO4. The summed E-state index contributed by atoms with van der Waals surface area (Å²) in [6, 6.07) is 21.8. The third-order valence-electron chi connectivity index (χ3n) is 5.94. The molecule has 0 heterocycles. The number of nitrogens with one attached hydrogen (secondary N) is 1.